The minimum atomic E-state index is -9.60. The van der Waals surface area contributed by atoms with Crippen LogP contribution in [0.5, 0.6) is 5.75 Å². The Morgan fingerprint density at radius 1 is 0.800 bits per heavy atom. The molecule has 2 aromatic carbocycles. The molecule has 0 aromatic heterocycles. The zero-order valence-electron chi connectivity index (χ0n) is 10.3. The first-order chi connectivity index (χ1) is 8.99. The summed E-state index contributed by atoms with van der Waals surface area (Å²) in [4.78, 5) is -1.89. The van der Waals surface area contributed by atoms with Crippen molar-refractivity contribution in [1.82, 2.24) is 0 Å². The van der Waals surface area contributed by atoms with Crippen LogP contribution in [0.15, 0.2) is 53.4 Å². The van der Waals surface area contributed by atoms with Crippen molar-refractivity contribution in [2.75, 3.05) is 7.11 Å². The van der Waals surface area contributed by atoms with Gasteiger partial charge in [-0.25, -0.2) is 0 Å². The average Bonchev–Trinajstić information content (AvgIpc) is 2.36. The number of ether oxygens (including phenoxy) is 1. The van der Waals surface area contributed by atoms with Gasteiger partial charge < -0.3 is 4.74 Å². The lowest BCUT2D eigenvalue weighted by atomic mass is 10.1. The fourth-order valence-electron chi connectivity index (χ4n) is 1.71. The molecule has 0 fully saturated rings. The van der Waals surface area contributed by atoms with Crippen molar-refractivity contribution >= 4 is 10.2 Å². The fraction of sp³-hybridized carbons (Fsp3) is 0.0769. The van der Waals surface area contributed by atoms with Gasteiger partial charge >= 0.3 is 10.2 Å². The number of benzene rings is 2. The lowest BCUT2D eigenvalue weighted by Gasteiger charge is -2.40. The van der Waals surface area contributed by atoms with Crippen molar-refractivity contribution in [3.63, 3.8) is 0 Å². The molecule has 0 N–H and O–H groups in total. The van der Waals surface area contributed by atoms with Gasteiger partial charge in [0.25, 0.3) is 0 Å². The molecule has 0 aliphatic heterocycles. The summed E-state index contributed by atoms with van der Waals surface area (Å²) in [7, 11) is -8.15. The van der Waals surface area contributed by atoms with Crippen molar-refractivity contribution in [2.45, 2.75) is 4.90 Å². The highest BCUT2D eigenvalue weighted by atomic mass is 32.5. The molecule has 110 valence electrons. The lowest BCUT2D eigenvalue weighted by molar-refractivity contribution is 0.364. The highest BCUT2D eigenvalue weighted by Crippen LogP contribution is 3.02. The smallest absolute Gasteiger partial charge is 0.310 e. The maximum absolute atomic E-state index is 12.6. The van der Waals surface area contributed by atoms with Gasteiger partial charge in [-0.3, -0.25) is 0 Å². The summed E-state index contributed by atoms with van der Waals surface area (Å²) < 4.78 is 67.9. The fourth-order valence-corrected chi connectivity index (χ4v) is 2.36. The molecule has 7 heteroatoms. The van der Waals surface area contributed by atoms with E-state index >= 15 is 0 Å². The van der Waals surface area contributed by atoms with E-state index in [0.29, 0.717) is 29.0 Å². The second-order valence-corrected chi connectivity index (χ2v) is 6.63. The normalized spacial score (nSPS) is 15.3. The molecule has 20 heavy (non-hydrogen) atoms. The lowest BCUT2D eigenvalue weighted by Crippen LogP contribution is -2.05. The molecule has 0 aliphatic carbocycles. The van der Waals surface area contributed by atoms with Crippen LogP contribution in [0.1, 0.15) is 0 Å². The van der Waals surface area contributed by atoms with Gasteiger partial charge in [0.1, 0.15) is 10.6 Å². The van der Waals surface area contributed by atoms with Crippen LogP contribution in [0.2, 0.25) is 0 Å². The van der Waals surface area contributed by atoms with E-state index in [1.54, 1.807) is 24.3 Å². The Kier molecular flexibility index (Phi) is 2.84. The van der Waals surface area contributed by atoms with E-state index in [1.807, 2.05) is 0 Å². The van der Waals surface area contributed by atoms with Crippen molar-refractivity contribution in [1.29, 1.82) is 0 Å². The number of hydrogen-bond acceptors (Lipinski definition) is 1. The van der Waals surface area contributed by atoms with E-state index in [2.05, 4.69) is 0 Å². The molecule has 0 bridgehead atoms. The third-order valence-electron chi connectivity index (χ3n) is 2.70. The van der Waals surface area contributed by atoms with Gasteiger partial charge in [-0.05, 0) is 35.4 Å². The van der Waals surface area contributed by atoms with Crippen LogP contribution >= 0.6 is 10.2 Å². The van der Waals surface area contributed by atoms with E-state index in [1.165, 1.54) is 7.11 Å². The monoisotopic (exact) mass is 310 g/mol. The minimum Gasteiger partial charge on any atom is -0.497 e. The van der Waals surface area contributed by atoms with Gasteiger partial charge in [-0.1, -0.05) is 43.7 Å². The molecule has 0 radical (unpaired) electrons. The number of methoxy groups -OCH3 is 1. The second-order valence-electron chi connectivity index (χ2n) is 4.23. The molecule has 0 spiro atoms. The van der Waals surface area contributed by atoms with Gasteiger partial charge in [-0.15, -0.1) is 0 Å². The second kappa shape index (κ2) is 3.88. The Morgan fingerprint density at radius 2 is 1.40 bits per heavy atom. The number of halogens is 5. The first-order valence-electron chi connectivity index (χ1n) is 5.48. The first kappa shape index (κ1) is 14.6. The van der Waals surface area contributed by atoms with Crippen LogP contribution in [0, 0.1) is 0 Å². The number of rotatable bonds is 3. The van der Waals surface area contributed by atoms with Gasteiger partial charge in [0.15, 0.2) is 0 Å². The quantitative estimate of drug-likeness (QED) is 0.630. The Balaban J connectivity index is 2.43. The predicted molar refractivity (Wildman–Crippen MR) is 69.8 cm³/mol. The van der Waals surface area contributed by atoms with Crippen molar-refractivity contribution in [2.24, 2.45) is 0 Å². The summed E-state index contributed by atoms with van der Waals surface area (Å²) in [6.45, 7) is 0. The molecule has 0 heterocycles. The van der Waals surface area contributed by atoms with Gasteiger partial charge in [0.2, 0.25) is 0 Å². The van der Waals surface area contributed by atoms with Crippen LogP contribution < -0.4 is 4.74 Å². The largest absolute Gasteiger partial charge is 0.497 e. The summed E-state index contributed by atoms with van der Waals surface area (Å²) in [5.41, 5.74) is 0.979. The topological polar surface area (TPSA) is 9.23 Å². The maximum Gasteiger partial charge on any atom is 0.310 e. The van der Waals surface area contributed by atoms with Crippen LogP contribution in [0.25, 0.3) is 11.1 Å². The predicted octanol–water partition coefficient (Wildman–Crippen LogP) is 6.02. The Morgan fingerprint density at radius 3 is 1.90 bits per heavy atom. The standard InChI is InChI=1S/C13H11F5OS/c1-19-12-4-2-3-11(9-12)10-5-7-13(8-6-10)20(14,15,16,17)18/h2-9H,1H3. The maximum atomic E-state index is 12.6. The van der Waals surface area contributed by atoms with Gasteiger partial charge in [0.05, 0.1) is 7.11 Å². The molecule has 2 aromatic rings. The van der Waals surface area contributed by atoms with E-state index < -0.39 is 15.1 Å². The van der Waals surface area contributed by atoms with Crippen molar-refractivity contribution < 1.29 is 24.2 Å². The molecule has 0 saturated heterocycles. The summed E-state index contributed by atoms with van der Waals surface area (Å²) in [5, 5.41) is 0. The third-order valence-corrected chi connectivity index (χ3v) is 3.87. The molecule has 1 nitrogen and oxygen atoms in total. The minimum absolute atomic E-state index is 0.398. The summed E-state index contributed by atoms with van der Waals surface area (Å²) >= 11 is 0. The summed E-state index contributed by atoms with van der Waals surface area (Å²) in [5.74, 6) is 0.527. The summed E-state index contributed by atoms with van der Waals surface area (Å²) in [6.07, 6.45) is 0. The van der Waals surface area contributed by atoms with Crippen LogP contribution in [0.3, 0.4) is 0 Å². The molecule has 2 rings (SSSR count). The zero-order valence-corrected chi connectivity index (χ0v) is 11.1. The Bertz CT molecular complexity index is 634. The first-order valence-corrected chi connectivity index (χ1v) is 7.43. The Labute approximate surface area is 112 Å². The number of hydrogen-bond donors (Lipinski definition) is 0. The van der Waals surface area contributed by atoms with Crippen LogP contribution in [-0.4, -0.2) is 7.11 Å². The third kappa shape index (κ3) is 3.22. The van der Waals surface area contributed by atoms with Crippen molar-refractivity contribution in [3.05, 3.63) is 48.5 Å². The highest BCUT2D eigenvalue weighted by molar-refractivity contribution is 8.45. The van der Waals surface area contributed by atoms with E-state index in [0.717, 1.165) is 12.1 Å². The molecule has 0 unspecified atom stereocenters. The molecule has 0 saturated carbocycles. The van der Waals surface area contributed by atoms with E-state index in [4.69, 9.17) is 4.74 Å². The van der Waals surface area contributed by atoms with Crippen molar-refractivity contribution in [3.8, 4) is 16.9 Å². The molecule has 0 amide bonds. The highest BCUT2D eigenvalue weighted by Gasteiger charge is 2.65. The molecule has 0 aliphatic rings. The van der Waals surface area contributed by atoms with Gasteiger partial charge in [-0.2, -0.15) is 0 Å². The SMILES string of the molecule is COc1cccc(-c2ccc(S(F)(F)(F)(F)F)cc2)c1. The average molecular weight is 310 g/mol. The van der Waals surface area contributed by atoms with Crippen LogP contribution in [0.4, 0.5) is 19.4 Å². The molecule has 0 atom stereocenters. The van der Waals surface area contributed by atoms with E-state index in [-0.39, 0.29) is 0 Å². The zero-order chi connectivity index (χ0) is 15.1. The summed E-state index contributed by atoms with van der Waals surface area (Å²) in [6, 6.07) is 9.42. The molecular formula is C13H11F5OS. The van der Waals surface area contributed by atoms with E-state index in [9.17, 15) is 19.4 Å². The van der Waals surface area contributed by atoms with Crippen LogP contribution in [-0.2, 0) is 0 Å². The van der Waals surface area contributed by atoms with Gasteiger partial charge in [0, 0.05) is 0 Å². The molecular weight excluding hydrogens is 299 g/mol. The Hall–Kier alpha value is -1.76.